The van der Waals surface area contributed by atoms with E-state index in [0.29, 0.717) is 24.2 Å². The zero-order valence-corrected chi connectivity index (χ0v) is 15.6. The summed E-state index contributed by atoms with van der Waals surface area (Å²) in [5, 5.41) is 0. The Morgan fingerprint density at radius 1 is 0.923 bits per heavy atom. The molecule has 2 amide bonds. The molecule has 0 aliphatic carbocycles. The maximum Gasteiger partial charge on any atom is 0.260 e. The van der Waals surface area contributed by atoms with E-state index in [4.69, 9.17) is 0 Å². The number of hydrogen-bond donors (Lipinski definition) is 0. The highest BCUT2D eigenvalue weighted by Gasteiger charge is 2.31. The smallest absolute Gasteiger partial charge is 0.260 e. The number of rotatable bonds is 5. The van der Waals surface area contributed by atoms with Gasteiger partial charge in [0.1, 0.15) is 0 Å². The Morgan fingerprint density at radius 2 is 1.50 bits per heavy atom. The number of hydrogen-bond acceptors (Lipinski definition) is 3. The highest BCUT2D eigenvalue weighted by molar-refractivity contribution is 6.18. The van der Waals surface area contributed by atoms with Crippen molar-refractivity contribution >= 4 is 28.9 Å². The van der Waals surface area contributed by atoms with Crippen LogP contribution in [0.5, 0.6) is 0 Å². The van der Waals surface area contributed by atoms with E-state index in [1.807, 2.05) is 42.5 Å². The number of fused-ring (bicyclic) bond motifs is 2. The molecule has 0 spiro atoms. The van der Waals surface area contributed by atoms with Crippen LogP contribution < -0.4 is 9.80 Å². The van der Waals surface area contributed by atoms with Gasteiger partial charge in [0, 0.05) is 20.0 Å². The minimum absolute atomic E-state index is 0.0000926. The Kier molecular flexibility index (Phi) is 5.38. The van der Waals surface area contributed by atoms with Crippen LogP contribution in [0, 0.1) is 0 Å². The zero-order chi connectivity index (χ0) is 18.7. The normalized spacial score (nSPS) is 13.5. The van der Waals surface area contributed by atoms with Gasteiger partial charge in [-0.15, -0.1) is 0 Å². The van der Waals surface area contributed by atoms with Gasteiger partial charge in [-0.2, -0.15) is 0 Å². The molecule has 0 aromatic heterocycles. The molecule has 1 heterocycles. The molecule has 1 aliphatic heterocycles. The second-order valence-electron chi connectivity index (χ2n) is 6.38. The van der Waals surface area contributed by atoms with Gasteiger partial charge >= 0.3 is 0 Å². The van der Waals surface area contributed by atoms with E-state index >= 15 is 0 Å². The third-order valence-electron chi connectivity index (χ3n) is 4.95. The first-order valence-electron chi connectivity index (χ1n) is 9.09. The molecule has 0 radical (unpaired) electrons. The summed E-state index contributed by atoms with van der Waals surface area (Å²) in [6, 6.07) is 14.9. The first-order chi connectivity index (χ1) is 12.6. The maximum absolute atomic E-state index is 13.2. The summed E-state index contributed by atoms with van der Waals surface area (Å²) in [5.74, 6) is -0.105. The minimum Gasteiger partial charge on any atom is -0.309 e. The molecular weight excluding hydrogens is 326 g/mol. The average Bonchev–Trinajstić information content (AvgIpc) is 2.77. The van der Waals surface area contributed by atoms with Crippen molar-refractivity contribution in [3.8, 4) is 0 Å². The molecule has 0 unspecified atom stereocenters. The fourth-order valence-corrected chi connectivity index (χ4v) is 3.38. The van der Waals surface area contributed by atoms with Gasteiger partial charge in [0.15, 0.2) is 0 Å². The zero-order valence-electron chi connectivity index (χ0n) is 15.6. The summed E-state index contributed by atoms with van der Waals surface area (Å²) < 4.78 is 0. The molecule has 136 valence electrons. The minimum atomic E-state index is -0.105. The van der Waals surface area contributed by atoms with Gasteiger partial charge in [-0.1, -0.05) is 38.1 Å². The molecule has 0 bridgehead atoms. The number of anilines is 3. The molecule has 0 N–H and O–H groups in total. The van der Waals surface area contributed by atoms with Gasteiger partial charge in [0.2, 0.25) is 5.91 Å². The Bertz CT molecular complexity index is 814. The monoisotopic (exact) mass is 351 g/mol. The van der Waals surface area contributed by atoms with Crippen LogP contribution in [0.2, 0.25) is 0 Å². The van der Waals surface area contributed by atoms with Crippen molar-refractivity contribution < 1.29 is 9.59 Å². The summed E-state index contributed by atoms with van der Waals surface area (Å²) >= 11 is 0. The van der Waals surface area contributed by atoms with Gasteiger partial charge in [-0.25, -0.2) is 0 Å². The Hall–Kier alpha value is -2.66. The number of nitrogens with zero attached hydrogens (tertiary/aromatic N) is 3. The number of benzene rings is 2. The van der Waals surface area contributed by atoms with Gasteiger partial charge in [0.25, 0.3) is 5.91 Å². The molecule has 1 aliphatic rings. The van der Waals surface area contributed by atoms with E-state index in [2.05, 4.69) is 18.7 Å². The lowest BCUT2D eigenvalue weighted by Crippen LogP contribution is -2.32. The number of amides is 2. The molecule has 3 rings (SSSR count). The van der Waals surface area contributed by atoms with Gasteiger partial charge < -0.3 is 9.80 Å². The topological polar surface area (TPSA) is 43.9 Å². The predicted molar refractivity (Wildman–Crippen MR) is 105 cm³/mol. The molecule has 26 heavy (non-hydrogen) atoms. The Balaban J connectivity index is 2.06. The number of carbonyl (C=O) groups excluding carboxylic acids is 2. The van der Waals surface area contributed by atoms with Crippen molar-refractivity contribution in [3.05, 3.63) is 54.1 Å². The van der Waals surface area contributed by atoms with E-state index in [9.17, 15) is 9.59 Å². The highest BCUT2D eigenvalue weighted by atomic mass is 16.2. The van der Waals surface area contributed by atoms with Crippen LogP contribution >= 0.6 is 0 Å². The molecule has 0 saturated carbocycles. The molecule has 5 nitrogen and oxygen atoms in total. The molecular formula is C21H25N3O2. The van der Waals surface area contributed by atoms with E-state index in [0.717, 1.165) is 24.5 Å². The standard InChI is InChI=1S/C21H25N3O2/c1-4-23(5-2)15-14-20(25)24-17-11-7-6-10-16(17)21(26)22(3)18-12-8-9-13-19(18)24/h6-13H,4-5,14-15H2,1-3H3. The van der Waals surface area contributed by atoms with Crippen LogP contribution in [0.3, 0.4) is 0 Å². The second-order valence-corrected chi connectivity index (χ2v) is 6.38. The first-order valence-corrected chi connectivity index (χ1v) is 9.09. The van der Waals surface area contributed by atoms with E-state index in [-0.39, 0.29) is 11.8 Å². The lowest BCUT2D eigenvalue weighted by Gasteiger charge is -2.26. The molecule has 0 atom stereocenters. The summed E-state index contributed by atoms with van der Waals surface area (Å²) in [4.78, 5) is 31.6. The lowest BCUT2D eigenvalue weighted by molar-refractivity contribution is -0.118. The molecule has 2 aromatic rings. The Labute approximate surface area is 154 Å². The summed E-state index contributed by atoms with van der Waals surface area (Å²) in [7, 11) is 1.75. The third kappa shape index (κ3) is 3.22. The number of carbonyl (C=O) groups is 2. The third-order valence-corrected chi connectivity index (χ3v) is 4.95. The fourth-order valence-electron chi connectivity index (χ4n) is 3.38. The van der Waals surface area contributed by atoms with Crippen molar-refractivity contribution in [3.63, 3.8) is 0 Å². The van der Waals surface area contributed by atoms with E-state index in [1.54, 1.807) is 22.9 Å². The Morgan fingerprint density at radius 3 is 2.15 bits per heavy atom. The van der Waals surface area contributed by atoms with Crippen LogP contribution in [-0.2, 0) is 4.79 Å². The second kappa shape index (κ2) is 7.70. The quantitative estimate of drug-likeness (QED) is 0.825. The van der Waals surface area contributed by atoms with Crippen molar-refractivity contribution in [1.29, 1.82) is 0 Å². The molecule has 2 aromatic carbocycles. The van der Waals surface area contributed by atoms with Crippen molar-refractivity contribution in [2.45, 2.75) is 20.3 Å². The van der Waals surface area contributed by atoms with Gasteiger partial charge in [-0.05, 0) is 37.4 Å². The molecule has 0 saturated heterocycles. The van der Waals surface area contributed by atoms with Crippen molar-refractivity contribution in [1.82, 2.24) is 4.90 Å². The fraction of sp³-hybridized carbons (Fsp3) is 0.333. The number of para-hydroxylation sites is 3. The van der Waals surface area contributed by atoms with E-state index < -0.39 is 0 Å². The summed E-state index contributed by atoms with van der Waals surface area (Å²) in [5.41, 5.74) is 2.68. The van der Waals surface area contributed by atoms with Crippen LogP contribution in [0.25, 0.3) is 0 Å². The SMILES string of the molecule is CCN(CC)CCC(=O)N1c2ccccc2C(=O)N(C)c2ccccc21. The van der Waals surface area contributed by atoms with Crippen molar-refractivity contribution in [2.24, 2.45) is 0 Å². The highest BCUT2D eigenvalue weighted by Crippen LogP contribution is 2.40. The van der Waals surface area contributed by atoms with Crippen LogP contribution in [0.1, 0.15) is 30.6 Å². The maximum atomic E-state index is 13.2. The molecule has 0 fully saturated rings. The largest absolute Gasteiger partial charge is 0.309 e. The van der Waals surface area contributed by atoms with Crippen LogP contribution in [-0.4, -0.2) is 43.4 Å². The summed E-state index contributed by atoms with van der Waals surface area (Å²) in [6.45, 7) is 6.73. The first kappa shape index (κ1) is 18.1. The molecule has 5 heteroatoms. The van der Waals surface area contributed by atoms with Crippen LogP contribution in [0.15, 0.2) is 48.5 Å². The average molecular weight is 351 g/mol. The van der Waals surface area contributed by atoms with Crippen molar-refractivity contribution in [2.75, 3.05) is 36.5 Å². The van der Waals surface area contributed by atoms with Gasteiger partial charge in [-0.3, -0.25) is 14.5 Å². The van der Waals surface area contributed by atoms with Crippen LogP contribution in [0.4, 0.5) is 17.1 Å². The van der Waals surface area contributed by atoms with Gasteiger partial charge in [0.05, 0.1) is 22.6 Å². The predicted octanol–water partition coefficient (Wildman–Crippen LogP) is 3.67. The lowest BCUT2D eigenvalue weighted by atomic mass is 10.1. The summed E-state index contributed by atoms with van der Waals surface area (Å²) in [6.07, 6.45) is 0.405. The van der Waals surface area contributed by atoms with E-state index in [1.165, 1.54) is 0 Å².